The highest BCUT2D eigenvalue weighted by atomic mass is 35.5. The van der Waals surface area contributed by atoms with Crippen molar-refractivity contribution >= 4 is 39.1 Å². The summed E-state index contributed by atoms with van der Waals surface area (Å²) in [5.41, 5.74) is 1.79. The van der Waals surface area contributed by atoms with E-state index in [9.17, 15) is 22.4 Å². The van der Waals surface area contributed by atoms with Crippen LogP contribution in [0.15, 0.2) is 72.8 Å². The molecule has 0 radical (unpaired) electrons. The average molecular weight is 614 g/mol. The van der Waals surface area contributed by atoms with Crippen LogP contribution in [0, 0.1) is 12.7 Å². The highest BCUT2D eigenvalue weighted by molar-refractivity contribution is 7.92. The summed E-state index contributed by atoms with van der Waals surface area (Å²) in [4.78, 5) is 29.4. The van der Waals surface area contributed by atoms with Gasteiger partial charge in [0.15, 0.2) is 0 Å². The summed E-state index contributed by atoms with van der Waals surface area (Å²) in [6.45, 7) is 0.872. The highest BCUT2D eigenvalue weighted by Crippen LogP contribution is 2.29. The molecule has 0 unspecified atom stereocenters. The van der Waals surface area contributed by atoms with Gasteiger partial charge in [-0.3, -0.25) is 13.9 Å². The minimum atomic E-state index is -3.94. The Hall–Kier alpha value is -3.43. The van der Waals surface area contributed by atoms with Gasteiger partial charge in [0.25, 0.3) is 0 Å². The highest BCUT2D eigenvalue weighted by Gasteiger charge is 2.34. The van der Waals surface area contributed by atoms with E-state index in [-0.39, 0.29) is 36.2 Å². The number of nitrogens with one attached hydrogen (secondary N) is 1. The minimum absolute atomic E-state index is 0.0171. The second kappa shape index (κ2) is 14.2. The molecule has 42 heavy (non-hydrogen) atoms. The van der Waals surface area contributed by atoms with Crippen LogP contribution in [0.25, 0.3) is 0 Å². The van der Waals surface area contributed by atoms with Crippen molar-refractivity contribution in [1.29, 1.82) is 0 Å². The quantitative estimate of drug-likeness (QED) is 0.303. The zero-order valence-electron chi connectivity index (χ0n) is 23.9. The van der Waals surface area contributed by atoms with Gasteiger partial charge < -0.3 is 10.2 Å². The van der Waals surface area contributed by atoms with E-state index in [2.05, 4.69) is 5.32 Å². The molecule has 4 rings (SSSR count). The van der Waals surface area contributed by atoms with Crippen molar-refractivity contribution in [2.45, 2.75) is 64.1 Å². The van der Waals surface area contributed by atoms with E-state index in [4.69, 9.17) is 11.6 Å². The lowest BCUT2D eigenvalue weighted by molar-refractivity contribution is -0.140. The lowest BCUT2D eigenvalue weighted by Gasteiger charge is -2.35. The fraction of sp³-hybridized carbons (Fsp3) is 0.375. The predicted octanol–water partition coefficient (Wildman–Crippen LogP) is 5.64. The van der Waals surface area contributed by atoms with Gasteiger partial charge in [0.2, 0.25) is 21.8 Å². The van der Waals surface area contributed by atoms with Crippen LogP contribution in [0.3, 0.4) is 0 Å². The number of hydrogen-bond acceptors (Lipinski definition) is 4. The van der Waals surface area contributed by atoms with Crippen LogP contribution in [0.5, 0.6) is 0 Å². The van der Waals surface area contributed by atoms with Crippen LogP contribution < -0.4 is 9.62 Å². The number of nitrogens with zero attached hydrogens (tertiary/aromatic N) is 2. The number of hydrogen-bond donors (Lipinski definition) is 1. The molecular formula is C32H37ClFN3O4S. The van der Waals surface area contributed by atoms with Crippen molar-refractivity contribution in [2.24, 2.45) is 0 Å². The van der Waals surface area contributed by atoms with Crippen LogP contribution in [-0.2, 0) is 32.6 Å². The fourth-order valence-corrected chi connectivity index (χ4v) is 6.44. The molecule has 2 amide bonds. The van der Waals surface area contributed by atoms with E-state index >= 15 is 0 Å². The molecule has 0 spiro atoms. The molecule has 1 N–H and O–H groups in total. The van der Waals surface area contributed by atoms with E-state index in [1.54, 1.807) is 43.3 Å². The smallest absolute Gasteiger partial charge is 0.244 e. The van der Waals surface area contributed by atoms with Gasteiger partial charge in [0, 0.05) is 29.6 Å². The zero-order valence-corrected chi connectivity index (χ0v) is 25.5. The van der Waals surface area contributed by atoms with E-state index in [1.165, 1.54) is 11.0 Å². The maximum Gasteiger partial charge on any atom is 0.244 e. The number of carbonyl (C=O) groups is 2. The summed E-state index contributed by atoms with van der Waals surface area (Å²) in [6, 6.07) is 19.2. The number of amides is 2. The summed E-state index contributed by atoms with van der Waals surface area (Å²) >= 11 is 6.30. The van der Waals surface area contributed by atoms with Gasteiger partial charge in [0.1, 0.15) is 18.4 Å². The average Bonchev–Trinajstić information content (AvgIpc) is 2.96. The van der Waals surface area contributed by atoms with Crippen molar-refractivity contribution in [1.82, 2.24) is 10.2 Å². The fourth-order valence-electron chi connectivity index (χ4n) is 5.37. The van der Waals surface area contributed by atoms with Crippen LogP contribution in [-0.4, -0.2) is 50.0 Å². The summed E-state index contributed by atoms with van der Waals surface area (Å²) < 4.78 is 41.9. The number of anilines is 1. The standard InChI is InChI=1S/C32H37ClFN3O4S/c1-23-27(33)17-11-19-29(23)37(42(2,40)41)22-31(38)36(21-25-14-9-10-18-28(25)34)30(20-24-12-5-3-6-13-24)32(39)35-26-15-7-4-8-16-26/h3,5-6,9-14,17-19,26,30H,4,7-8,15-16,20-22H2,1-2H3,(H,35,39)/t30-/m0/s1. The number of benzene rings is 3. The van der Waals surface area contributed by atoms with Gasteiger partial charge in [-0.1, -0.05) is 85.5 Å². The van der Waals surface area contributed by atoms with E-state index in [0.29, 0.717) is 10.6 Å². The molecular weight excluding hydrogens is 577 g/mol. The Morgan fingerprint density at radius 1 is 0.976 bits per heavy atom. The summed E-state index contributed by atoms with van der Waals surface area (Å²) in [7, 11) is -3.94. The lowest BCUT2D eigenvalue weighted by Crippen LogP contribution is -2.55. The van der Waals surface area contributed by atoms with E-state index in [1.807, 2.05) is 30.3 Å². The van der Waals surface area contributed by atoms with Gasteiger partial charge in [-0.05, 0) is 49.1 Å². The van der Waals surface area contributed by atoms with Crippen LogP contribution in [0.2, 0.25) is 5.02 Å². The van der Waals surface area contributed by atoms with Gasteiger partial charge in [0.05, 0.1) is 11.9 Å². The Morgan fingerprint density at radius 3 is 2.31 bits per heavy atom. The van der Waals surface area contributed by atoms with Gasteiger partial charge in [-0.15, -0.1) is 0 Å². The topological polar surface area (TPSA) is 86.8 Å². The number of halogens is 2. The second-order valence-corrected chi connectivity index (χ2v) is 13.1. The maximum atomic E-state index is 14.9. The third-order valence-corrected chi connectivity index (χ3v) is 9.24. The minimum Gasteiger partial charge on any atom is -0.352 e. The molecule has 224 valence electrons. The van der Waals surface area contributed by atoms with Crippen molar-refractivity contribution < 1.29 is 22.4 Å². The third kappa shape index (κ3) is 8.10. The molecule has 3 aromatic rings. The third-order valence-electron chi connectivity index (χ3n) is 7.71. The van der Waals surface area contributed by atoms with Crippen LogP contribution in [0.1, 0.15) is 48.8 Å². The van der Waals surface area contributed by atoms with Crippen molar-refractivity contribution in [2.75, 3.05) is 17.1 Å². The molecule has 1 fully saturated rings. The first-order chi connectivity index (χ1) is 20.0. The van der Waals surface area contributed by atoms with Crippen LogP contribution >= 0.6 is 11.6 Å². The lowest BCUT2D eigenvalue weighted by atomic mass is 9.94. The Labute approximate surface area is 252 Å². The first kappa shape index (κ1) is 31.5. The molecule has 7 nitrogen and oxygen atoms in total. The Bertz CT molecular complexity index is 1500. The molecule has 1 saturated carbocycles. The maximum absolute atomic E-state index is 14.9. The Balaban J connectivity index is 1.75. The summed E-state index contributed by atoms with van der Waals surface area (Å²) in [6.07, 6.45) is 6.01. The molecule has 0 heterocycles. The molecule has 0 aromatic heterocycles. The molecule has 1 aliphatic rings. The molecule has 3 aromatic carbocycles. The second-order valence-electron chi connectivity index (χ2n) is 10.8. The molecule has 0 saturated heterocycles. The largest absolute Gasteiger partial charge is 0.352 e. The molecule has 0 aliphatic heterocycles. The van der Waals surface area contributed by atoms with E-state index in [0.717, 1.165) is 48.2 Å². The number of carbonyl (C=O) groups excluding carboxylic acids is 2. The van der Waals surface area contributed by atoms with Crippen molar-refractivity contribution in [3.8, 4) is 0 Å². The molecule has 1 aliphatic carbocycles. The summed E-state index contributed by atoms with van der Waals surface area (Å²) in [5.74, 6) is -1.50. The normalized spacial score (nSPS) is 14.7. The van der Waals surface area contributed by atoms with Gasteiger partial charge >= 0.3 is 0 Å². The van der Waals surface area contributed by atoms with Gasteiger partial charge in [-0.2, -0.15) is 0 Å². The van der Waals surface area contributed by atoms with E-state index < -0.39 is 34.3 Å². The van der Waals surface area contributed by atoms with Crippen LogP contribution in [0.4, 0.5) is 10.1 Å². The van der Waals surface area contributed by atoms with Gasteiger partial charge in [-0.25, -0.2) is 12.8 Å². The first-order valence-electron chi connectivity index (χ1n) is 14.1. The predicted molar refractivity (Wildman–Crippen MR) is 164 cm³/mol. The zero-order chi connectivity index (χ0) is 30.3. The number of sulfonamides is 1. The monoisotopic (exact) mass is 613 g/mol. The van der Waals surface area contributed by atoms with Crippen molar-refractivity contribution in [3.63, 3.8) is 0 Å². The molecule has 10 heteroatoms. The Morgan fingerprint density at radius 2 is 1.64 bits per heavy atom. The molecule has 0 bridgehead atoms. The first-order valence-corrected chi connectivity index (χ1v) is 16.4. The SMILES string of the molecule is Cc1c(Cl)cccc1N(CC(=O)N(Cc1ccccc1F)[C@@H](Cc1ccccc1)C(=O)NC1CCCCC1)S(C)(=O)=O. The summed E-state index contributed by atoms with van der Waals surface area (Å²) in [5, 5.41) is 3.48. The van der Waals surface area contributed by atoms with Crippen molar-refractivity contribution in [3.05, 3.63) is 100 Å². The Kier molecular flexibility index (Phi) is 10.6. The number of rotatable bonds is 11. The molecule has 1 atom stereocenters.